The van der Waals surface area contributed by atoms with Gasteiger partial charge in [-0.3, -0.25) is 9.69 Å². The van der Waals surface area contributed by atoms with E-state index in [-0.39, 0.29) is 0 Å². The predicted octanol–water partition coefficient (Wildman–Crippen LogP) is 1.26. The number of nitrogens with zero attached hydrogens (tertiary/aromatic N) is 2. The number of nitrogens with one attached hydrogen (secondary N) is 1. The zero-order valence-corrected chi connectivity index (χ0v) is 13.2. The maximum atomic E-state index is 12.6. The number of amides is 1. The lowest BCUT2D eigenvalue weighted by Gasteiger charge is -2.30. The fourth-order valence-corrected chi connectivity index (χ4v) is 4.31. The summed E-state index contributed by atoms with van der Waals surface area (Å²) in [5.41, 5.74) is 3.18. The van der Waals surface area contributed by atoms with Gasteiger partial charge in [0.15, 0.2) is 0 Å². The van der Waals surface area contributed by atoms with Crippen LogP contribution in [0.15, 0.2) is 24.3 Å². The van der Waals surface area contributed by atoms with E-state index in [1.807, 2.05) is 4.90 Å². The largest absolute Gasteiger partial charge is 0.337 e. The topological polar surface area (TPSA) is 35.6 Å². The Morgan fingerprint density at radius 2 is 2.05 bits per heavy atom. The van der Waals surface area contributed by atoms with Crippen LogP contribution in [0.25, 0.3) is 0 Å². The summed E-state index contributed by atoms with van der Waals surface area (Å²) < 4.78 is 0. The highest BCUT2D eigenvalue weighted by Gasteiger charge is 2.40. The third kappa shape index (κ3) is 2.66. The molecule has 22 heavy (non-hydrogen) atoms. The maximum Gasteiger partial charge on any atom is 0.237 e. The normalized spacial score (nSPS) is 28.3. The first-order valence-electron chi connectivity index (χ1n) is 8.52. The number of carbonyl (C=O) groups is 1. The summed E-state index contributed by atoms with van der Waals surface area (Å²) >= 11 is 0. The van der Waals surface area contributed by atoms with Crippen LogP contribution in [-0.2, 0) is 17.8 Å². The van der Waals surface area contributed by atoms with Crippen LogP contribution in [0.2, 0.25) is 0 Å². The molecule has 1 aromatic rings. The molecule has 0 bridgehead atoms. The van der Waals surface area contributed by atoms with Crippen molar-refractivity contribution in [1.29, 1.82) is 0 Å². The molecule has 4 rings (SSSR count). The third-order valence-electron chi connectivity index (χ3n) is 5.69. The lowest BCUT2D eigenvalue weighted by Crippen LogP contribution is -2.42. The van der Waals surface area contributed by atoms with Crippen molar-refractivity contribution in [3.05, 3.63) is 35.4 Å². The first-order valence-corrected chi connectivity index (χ1v) is 8.52. The molecule has 1 atom stereocenters. The van der Waals surface area contributed by atoms with Crippen molar-refractivity contribution in [2.75, 3.05) is 39.3 Å². The molecule has 0 aliphatic carbocycles. The van der Waals surface area contributed by atoms with Gasteiger partial charge in [0.05, 0.1) is 6.54 Å². The average Bonchev–Trinajstić information content (AvgIpc) is 3.17. The van der Waals surface area contributed by atoms with Crippen molar-refractivity contribution < 1.29 is 4.79 Å². The number of likely N-dealkylation sites (tertiary alicyclic amines) is 1. The standard InChI is InChI=1S/C18H25N3O/c22-17(12-20-10-7-18(14-20)6-8-19-13-18)21-9-5-15-3-1-2-4-16(15)11-21/h1-4,19H,5-14H2. The smallest absolute Gasteiger partial charge is 0.237 e. The molecule has 3 aliphatic heterocycles. The summed E-state index contributed by atoms with van der Waals surface area (Å²) in [6.45, 7) is 6.71. The van der Waals surface area contributed by atoms with Crippen LogP contribution in [0.3, 0.4) is 0 Å². The summed E-state index contributed by atoms with van der Waals surface area (Å²) in [4.78, 5) is 17.0. The Balaban J connectivity index is 1.35. The highest BCUT2D eigenvalue weighted by atomic mass is 16.2. The molecule has 0 saturated carbocycles. The molecule has 2 saturated heterocycles. The van der Waals surface area contributed by atoms with E-state index in [0.717, 1.165) is 45.7 Å². The van der Waals surface area contributed by atoms with Crippen molar-refractivity contribution >= 4 is 5.91 Å². The zero-order valence-electron chi connectivity index (χ0n) is 13.2. The van der Waals surface area contributed by atoms with Crippen LogP contribution < -0.4 is 5.32 Å². The van der Waals surface area contributed by atoms with Gasteiger partial charge in [0, 0.05) is 26.2 Å². The van der Waals surface area contributed by atoms with Crippen molar-refractivity contribution in [3.63, 3.8) is 0 Å². The van der Waals surface area contributed by atoms with Crippen molar-refractivity contribution in [1.82, 2.24) is 15.1 Å². The molecule has 3 heterocycles. The van der Waals surface area contributed by atoms with Crippen LogP contribution in [0, 0.1) is 5.41 Å². The van der Waals surface area contributed by atoms with Gasteiger partial charge < -0.3 is 10.2 Å². The van der Waals surface area contributed by atoms with Gasteiger partial charge in [-0.15, -0.1) is 0 Å². The zero-order chi connectivity index (χ0) is 15.0. The molecule has 1 unspecified atom stereocenters. The second-order valence-electron chi connectivity index (χ2n) is 7.22. The Bertz CT molecular complexity index is 565. The van der Waals surface area contributed by atoms with E-state index in [1.54, 1.807) is 0 Å². The number of fused-ring (bicyclic) bond motifs is 1. The van der Waals surface area contributed by atoms with Gasteiger partial charge in [0.1, 0.15) is 0 Å². The summed E-state index contributed by atoms with van der Waals surface area (Å²) in [7, 11) is 0. The van der Waals surface area contributed by atoms with E-state index >= 15 is 0 Å². The van der Waals surface area contributed by atoms with Crippen LogP contribution in [-0.4, -0.2) is 55.0 Å². The molecule has 1 amide bonds. The Labute approximate surface area is 132 Å². The van der Waals surface area contributed by atoms with E-state index in [4.69, 9.17) is 0 Å². The van der Waals surface area contributed by atoms with Crippen LogP contribution >= 0.6 is 0 Å². The molecule has 1 aromatic carbocycles. The molecule has 4 nitrogen and oxygen atoms in total. The molecular weight excluding hydrogens is 274 g/mol. The van der Waals surface area contributed by atoms with Gasteiger partial charge in [-0.2, -0.15) is 0 Å². The van der Waals surface area contributed by atoms with Gasteiger partial charge in [-0.1, -0.05) is 24.3 Å². The van der Waals surface area contributed by atoms with Crippen molar-refractivity contribution in [2.45, 2.75) is 25.8 Å². The van der Waals surface area contributed by atoms with E-state index in [2.05, 4.69) is 34.5 Å². The molecule has 4 heteroatoms. The number of benzene rings is 1. The summed E-state index contributed by atoms with van der Waals surface area (Å²) in [5.74, 6) is 0.303. The number of hydrogen-bond donors (Lipinski definition) is 1. The Morgan fingerprint density at radius 3 is 2.86 bits per heavy atom. The Hall–Kier alpha value is -1.39. The fraction of sp³-hybridized carbons (Fsp3) is 0.611. The minimum Gasteiger partial charge on any atom is -0.337 e. The van der Waals surface area contributed by atoms with E-state index < -0.39 is 0 Å². The van der Waals surface area contributed by atoms with Crippen LogP contribution in [0.5, 0.6) is 0 Å². The van der Waals surface area contributed by atoms with Crippen LogP contribution in [0.1, 0.15) is 24.0 Å². The number of hydrogen-bond acceptors (Lipinski definition) is 3. The summed E-state index contributed by atoms with van der Waals surface area (Å²) in [6.07, 6.45) is 3.51. The average molecular weight is 299 g/mol. The molecular formula is C18H25N3O. The van der Waals surface area contributed by atoms with Gasteiger partial charge in [0.2, 0.25) is 5.91 Å². The van der Waals surface area contributed by atoms with E-state index in [9.17, 15) is 4.79 Å². The molecule has 2 fully saturated rings. The van der Waals surface area contributed by atoms with E-state index in [0.29, 0.717) is 17.9 Å². The fourth-order valence-electron chi connectivity index (χ4n) is 4.31. The van der Waals surface area contributed by atoms with E-state index in [1.165, 1.54) is 24.0 Å². The maximum absolute atomic E-state index is 12.6. The number of carbonyl (C=O) groups excluding carboxylic acids is 1. The minimum atomic E-state index is 0.303. The molecule has 1 spiro atoms. The number of rotatable bonds is 2. The summed E-state index contributed by atoms with van der Waals surface area (Å²) in [6, 6.07) is 8.51. The first kappa shape index (κ1) is 14.2. The molecule has 0 radical (unpaired) electrons. The second-order valence-corrected chi connectivity index (χ2v) is 7.22. The Kier molecular flexibility index (Phi) is 3.66. The predicted molar refractivity (Wildman–Crippen MR) is 86.5 cm³/mol. The summed E-state index contributed by atoms with van der Waals surface area (Å²) in [5, 5.41) is 3.48. The molecule has 1 N–H and O–H groups in total. The van der Waals surface area contributed by atoms with Crippen molar-refractivity contribution in [3.8, 4) is 0 Å². The lowest BCUT2D eigenvalue weighted by molar-refractivity contribution is -0.133. The molecule has 118 valence electrons. The van der Waals surface area contributed by atoms with Gasteiger partial charge >= 0.3 is 0 Å². The second kappa shape index (κ2) is 5.67. The van der Waals surface area contributed by atoms with Gasteiger partial charge in [-0.25, -0.2) is 0 Å². The third-order valence-corrected chi connectivity index (χ3v) is 5.69. The minimum absolute atomic E-state index is 0.303. The van der Waals surface area contributed by atoms with Crippen molar-refractivity contribution in [2.24, 2.45) is 5.41 Å². The van der Waals surface area contributed by atoms with Gasteiger partial charge in [-0.05, 0) is 48.9 Å². The van der Waals surface area contributed by atoms with Gasteiger partial charge in [0.25, 0.3) is 0 Å². The SMILES string of the molecule is O=C(CN1CCC2(CCNC2)C1)N1CCc2ccccc2C1. The lowest BCUT2D eigenvalue weighted by atomic mass is 9.87. The highest BCUT2D eigenvalue weighted by molar-refractivity contribution is 5.78. The highest BCUT2D eigenvalue weighted by Crippen LogP contribution is 2.35. The molecule has 3 aliphatic rings. The Morgan fingerprint density at radius 1 is 1.18 bits per heavy atom. The monoisotopic (exact) mass is 299 g/mol. The quantitative estimate of drug-likeness (QED) is 0.893. The van der Waals surface area contributed by atoms with Crippen LogP contribution in [0.4, 0.5) is 0 Å². The molecule has 0 aromatic heterocycles. The first-order chi connectivity index (χ1) is 10.7.